The summed E-state index contributed by atoms with van der Waals surface area (Å²) >= 11 is 7.35. The molecule has 11 heteroatoms. The first-order valence-electron chi connectivity index (χ1n) is 11.4. The summed E-state index contributed by atoms with van der Waals surface area (Å²) in [6, 6.07) is 8.68. The number of carbonyl (C=O) groups is 2. The van der Waals surface area contributed by atoms with Crippen molar-refractivity contribution in [2.45, 2.75) is 59.4 Å². The molecular weight excluding hydrogens is 518 g/mol. The van der Waals surface area contributed by atoms with E-state index >= 15 is 0 Å². The van der Waals surface area contributed by atoms with Crippen molar-refractivity contribution >= 4 is 40.7 Å². The van der Waals surface area contributed by atoms with Gasteiger partial charge < -0.3 is 14.2 Å². The van der Waals surface area contributed by atoms with Crippen LogP contribution in [0.3, 0.4) is 0 Å². The van der Waals surface area contributed by atoms with Gasteiger partial charge in [0.25, 0.3) is 5.56 Å². The molecule has 0 saturated carbocycles. The predicted molar refractivity (Wildman–Crippen MR) is 144 cm³/mol. The van der Waals surface area contributed by atoms with Gasteiger partial charge in [-0.25, -0.2) is 14.6 Å². The van der Waals surface area contributed by atoms with E-state index in [2.05, 4.69) is 10.3 Å². The van der Waals surface area contributed by atoms with Crippen molar-refractivity contribution in [2.24, 2.45) is 7.05 Å². The largest absolute Gasteiger partial charge is 0.480 e. The first-order chi connectivity index (χ1) is 17.2. The number of carbonyl (C=O) groups excluding carboxylic acids is 2. The van der Waals surface area contributed by atoms with Crippen molar-refractivity contribution in [2.75, 3.05) is 5.32 Å². The zero-order valence-electron chi connectivity index (χ0n) is 21.8. The minimum atomic E-state index is -0.819. The van der Waals surface area contributed by atoms with Gasteiger partial charge in [-0.3, -0.25) is 14.7 Å². The lowest BCUT2D eigenvalue weighted by Crippen LogP contribution is -2.34. The molecule has 2 aromatic heterocycles. The van der Waals surface area contributed by atoms with Crippen LogP contribution in [0.1, 0.15) is 57.6 Å². The molecule has 1 aromatic carbocycles. The van der Waals surface area contributed by atoms with Crippen molar-refractivity contribution in [1.82, 2.24) is 9.55 Å². The summed E-state index contributed by atoms with van der Waals surface area (Å²) in [5, 5.41) is 4.87. The van der Waals surface area contributed by atoms with E-state index < -0.39 is 28.8 Å². The number of halogens is 1. The van der Waals surface area contributed by atoms with Crippen molar-refractivity contribution in [3.05, 3.63) is 62.3 Å². The van der Waals surface area contributed by atoms with E-state index in [1.165, 1.54) is 23.0 Å². The standard InChI is InChI=1S/C26H30ClN3O6S/c1-25(2,3)35-19-18(23(32)36-26(4,5)6)29-21(30(7)22(19)31)20-17(12-13-37-20)28-24(33)34-14-15-10-8-9-11-16(15)27/h8-13H,14H2,1-7H3,(H,28,33). The molecule has 1 amide bonds. The Bertz CT molecular complexity index is 1370. The van der Waals surface area contributed by atoms with Crippen LogP contribution >= 0.6 is 22.9 Å². The van der Waals surface area contributed by atoms with E-state index in [1.54, 1.807) is 77.3 Å². The number of aromatic nitrogens is 2. The Morgan fingerprint density at radius 3 is 2.38 bits per heavy atom. The summed E-state index contributed by atoms with van der Waals surface area (Å²) in [5.41, 5.74) is -1.39. The molecule has 0 bridgehead atoms. The minimum absolute atomic E-state index is 0.0245. The van der Waals surface area contributed by atoms with Crippen LogP contribution in [-0.4, -0.2) is 32.8 Å². The van der Waals surface area contributed by atoms with Gasteiger partial charge in [-0.1, -0.05) is 29.8 Å². The summed E-state index contributed by atoms with van der Waals surface area (Å²) in [6.07, 6.45) is -0.718. The van der Waals surface area contributed by atoms with Crippen LogP contribution in [0.2, 0.25) is 5.02 Å². The highest BCUT2D eigenvalue weighted by molar-refractivity contribution is 7.14. The van der Waals surface area contributed by atoms with Gasteiger partial charge in [-0.2, -0.15) is 0 Å². The fraction of sp³-hybridized carbons (Fsp3) is 0.385. The third-order valence-electron chi connectivity index (χ3n) is 4.67. The van der Waals surface area contributed by atoms with Gasteiger partial charge in [-0.15, -0.1) is 11.3 Å². The van der Waals surface area contributed by atoms with Crippen LogP contribution < -0.4 is 15.6 Å². The number of thiophene rings is 1. The van der Waals surface area contributed by atoms with Crippen LogP contribution in [0.5, 0.6) is 5.75 Å². The third kappa shape index (κ3) is 7.33. The second kappa shape index (κ2) is 10.9. The summed E-state index contributed by atoms with van der Waals surface area (Å²) in [5.74, 6) is -0.849. The number of esters is 1. The van der Waals surface area contributed by atoms with E-state index in [9.17, 15) is 14.4 Å². The molecule has 37 heavy (non-hydrogen) atoms. The van der Waals surface area contributed by atoms with E-state index in [0.717, 1.165) is 0 Å². The fourth-order valence-electron chi connectivity index (χ4n) is 3.13. The van der Waals surface area contributed by atoms with Gasteiger partial charge in [0.1, 0.15) is 17.8 Å². The number of amides is 1. The fourth-order valence-corrected chi connectivity index (χ4v) is 4.20. The first-order valence-corrected chi connectivity index (χ1v) is 12.7. The lowest BCUT2D eigenvalue weighted by molar-refractivity contribution is 0.00528. The van der Waals surface area contributed by atoms with Crippen LogP contribution in [-0.2, 0) is 23.1 Å². The van der Waals surface area contributed by atoms with Gasteiger partial charge >= 0.3 is 12.1 Å². The zero-order chi connectivity index (χ0) is 27.5. The number of rotatable bonds is 6. The molecule has 2 heterocycles. The lowest BCUT2D eigenvalue weighted by Gasteiger charge is -2.24. The molecule has 0 aliphatic carbocycles. The predicted octanol–water partition coefficient (Wildman–Crippen LogP) is 6.04. The minimum Gasteiger partial charge on any atom is -0.480 e. The van der Waals surface area contributed by atoms with Crippen molar-refractivity contribution in [3.63, 3.8) is 0 Å². The molecule has 0 spiro atoms. The number of hydrogen-bond donors (Lipinski definition) is 1. The number of nitrogens with one attached hydrogen (secondary N) is 1. The quantitative estimate of drug-likeness (QED) is 0.374. The van der Waals surface area contributed by atoms with E-state index in [-0.39, 0.29) is 23.9 Å². The molecule has 9 nitrogen and oxygen atoms in total. The van der Waals surface area contributed by atoms with Crippen LogP contribution in [0, 0.1) is 0 Å². The highest BCUT2D eigenvalue weighted by atomic mass is 35.5. The van der Waals surface area contributed by atoms with Gasteiger partial charge in [0.05, 0.1) is 10.6 Å². The average molecular weight is 548 g/mol. The molecule has 0 radical (unpaired) electrons. The summed E-state index contributed by atoms with van der Waals surface area (Å²) in [4.78, 5) is 43.8. The topological polar surface area (TPSA) is 109 Å². The number of ether oxygens (including phenoxy) is 3. The van der Waals surface area contributed by atoms with E-state index in [0.29, 0.717) is 21.2 Å². The maximum absolute atomic E-state index is 13.3. The van der Waals surface area contributed by atoms with Crippen molar-refractivity contribution < 1.29 is 23.8 Å². The Morgan fingerprint density at radius 2 is 1.76 bits per heavy atom. The molecule has 1 N–H and O–H groups in total. The molecular formula is C26H30ClN3O6S. The normalized spacial score (nSPS) is 11.7. The van der Waals surface area contributed by atoms with Crippen molar-refractivity contribution in [3.8, 4) is 16.5 Å². The highest BCUT2D eigenvalue weighted by Gasteiger charge is 2.30. The summed E-state index contributed by atoms with van der Waals surface area (Å²) in [7, 11) is 1.51. The molecule has 0 saturated heterocycles. The summed E-state index contributed by atoms with van der Waals surface area (Å²) in [6.45, 7) is 10.4. The molecule has 0 aliphatic rings. The highest BCUT2D eigenvalue weighted by Crippen LogP contribution is 2.34. The first kappa shape index (κ1) is 28.2. The van der Waals surface area contributed by atoms with Crippen LogP contribution in [0.4, 0.5) is 10.5 Å². The molecule has 0 unspecified atom stereocenters. The Balaban J connectivity index is 1.97. The number of hydrogen-bond acceptors (Lipinski definition) is 8. The van der Waals surface area contributed by atoms with Crippen molar-refractivity contribution in [1.29, 1.82) is 0 Å². The monoisotopic (exact) mass is 547 g/mol. The maximum Gasteiger partial charge on any atom is 0.412 e. The Labute approximate surface area is 224 Å². The Hall–Kier alpha value is -3.37. The molecule has 0 fully saturated rings. The SMILES string of the molecule is Cn1c(-c2sccc2NC(=O)OCc2ccccc2Cl)nc(C(=O)OC(C)(C)C)c(OC(C)(C)C)c1=O. The smallest absolute Gasteiger partial charge is 0.412 e. The number of benzene rings is 1. The molecule has 0 aliphatic heterocycles. The lowest BCUT2D eigenvalue weighted by atomic mass is 10.2. The second-order valence-corrected chi connectivity index (χ2v) is 11.5. The van der Waals surface area contributed by atoms with Crippen LogP contribution in [0.15, 0.2) is 40.5 Å². The zero-order valence-corrected chi connectivity index (χ0v) is 23.4. The molecule has 3 aromatic rings. The molecule has 198 valence electrons. The maximum atomic E-state index is 13.3. The van der Waals surface area contributed by atoms with Crippen LogP contribution in [0.25, 0.3) is 10.7 Å². The summed E-state index contributed by atoms with van der Waals surface area (Å²) < 4.78 is 17.9. The number of nitrogens with zero attached hydrogens (tertiary/aromatic N) is 2. The second-order valence-electron chi connectivity index (χ2n) is 10.1. The van der Waals surface area contributed by atoms with Gasteiger partial charge in [0, 0.05) is 17.6 Å². The Morgan fingerprint density at radius 1 is 1.08 bits per heavy atom. The van der Waals surface area contributed by atoms with Gasteiger partial charge in [0.15, 0.2) is 11.5 Å². The van der Waals surface area contributed by atoms with Gasteiger partial charge in [0.2, 0.25) is 5.75 Å². The molecule has 3 rings (SSSR count). The Kier molecular flexibility index (Phi) is 8.34. The molecule has 0 atom stereocenters. The van der Waals surface area contributed by atoms with E-state index in [4.69, 9.17) is 25.8 Å². The van der Waals surface area contributed by atoms with E-state index in [1.807, 2.05) is 0 Å². The van der Waals surface area contributed by atoms with Gasteiger partial charge in [-0.05, 0) is 59.1 Å². The average Bonchev–Trinajstić information content (AvgIpc) is 3.22. The third-order valence-corrected chi connectivity index (χ3v) is 5.95. The number of anilines is 1.